The second-order valence-corrected chi connectivity index (χ2v) is 6.55. The van der Waals surface area contributed by atoms with Gasteiger partial charge in [-0.15, -0.1) is 0 Å². The van der Waals surface area contributed by atoms with Crippen LogP contribution in [-0.4, -0.2) is 39.0 Å². The summed E-state index contributed by atoms with van der Waals surface area (Å²) in [6.45, 7) is 0.317. The van der Waals surface area contributed by atoms with E-state index in [1.54, 1.807) is 12.3 Å². The maximum Gasteiger partial charge on any atom is 0.254 e. The van der Waals surface area contributed by atoms with Crippen LogP contribution < -0.4 is 10.6 Å². The van der Waals surface area contributed by atoms with Gasteiger partial charge in [-0.25, -0.2) is 4.39 Å². The number of nitrogens with zero attached hydrogens (tertiary/aromatic N) is 2. The number of carbonyl (C=O) groups excluding carboxylic acids is 2. The van der Waals surface area contributed by atoms with Crippen LogP contribution in [0.5, 0.6) is 0 Å². The summed E-state index contributed by atoms with van der Waals surface area (Å²) in [6, 6.07) is 6.11. The summed E-state index contributed by atoms with van der Waals surface area (Å²) in [5.41, 5.74) is 0.610. The Morgan fingerprint density at radius 2 is 2.07 bits per heavy atom. The summed E-state index contributed by atoms with van der Waals surface area (Å²) in [5.74, 6) is -1.86. The number of rotatable bonds is 5. The van der Waals surface area contributed by atoms with Gasteiger partial charge in [0.1, 0.15) is 0 Å². The standard InChI is InChI=1S/C19H21FN4O3/c20-15-11-21-8-6-14(15)19(27)24-16-9-12(4-5-17(16)25)18(26)23-10-13-3-1-2-7-22-13/h1-3,6-8,11-12,16-17,25H,4-5,9-10H2,(H,23,26)(H,24,27)/t12-,16+,17+/m0/s1. The van der Waals surface area contributed by atoms with Crippen LogP contribution in [0, 0.1) is 11.7 Å². The van der Waals surface area contributed by atoms with Gasteiger partial charge in [-0.1, -0.05) is 6.07 Å². The average Bonchev–Trinajstić information content (AvgIpc) is 2.69. The van der Waals surface area contributed by atoms with Crippen molar-refractivity contribution in [3.05, 3.63) is 59.9 Å². The van der Waals surface area contributed by atoms with Crippen LogP contribution in [0.2, 0.25) is 0 Å². The van der Waals surface area contributed by atoms with E-state index in [0.29, 0.717) is 19.4 Å². The molecule has 1 fully saturated rings. The molecule has 2 aromatic heterocycles. The molecule has 0 saturated heterocycles. The minimum atomic E-state index is -0.779. The maximum absolute atomic E-state index is 13.7. The Morgan fingerprint density at radius 1 is 1.22 bits per heavy atom. The first-order valence-electron chi connectivity index (χ1n) is 8.80. The van der Waals surface area contributed by atoms with E-state index in [-0.39, 0.29) is 23.8 Å². The molecule has 2 aromatic rings. The lowest BCUT2D eigenvalue weighted by molar-refractivity contribution is -0.127. The van der Waals surface area contributed by atoms with E-state index in [9.17, 15) is 19.1 Å². The molecule has 0 aromatic carbocycles. The molecule has 2 heterocycles. The van der Waals surface area contributed by atoms with E-state index in [2.05, 4.69) is 20.6 Å². The van der Waals surface area contributed by atoms with E-state index < -0.39 is 23.9 Å². The number of aliphatic hydroxyl groups excluding tert-OH is 1. The summed E-state index contributed by atoms with van der Waals surface area (Å²) in [5, 5.41) is 15.6. The predicted molar refractivity (Wildman–Crippen MR) is 94.9 cm³/mol. The summed E-state index contributed by atoms with van der Waals surface area (Å²) in [6.07, 6.45) is 4.34. The average molecular weight is 372 g/mol. The SMILES string of the molecule is O=C(N[C@@H]1C[C@@H](C(=O)NCc2ccccn2)CC[C@H]1O)c1ccncc1F. The molecule has 27 heavy (non-hydrogen) atoms. The van der Waals surface area contributed by atoms with Crippen molar-refractivity contribution in [3.63, 3.8) is 0 Å². The number of hydrogen-bond donors (Lipinski definition) is 3. The number of amides is 2. The third-order valence-corrected chi connectivity index (χ3v) is 4.69. The van der Waals surface area contributed by atoms with Crippen molar-refractivity contribution in [2.24, 2.45) is 5.92 Å². The van der Waals surface area contributed by atoms with Gasteiger partial charge >= 0.3 is 0 Å². The monoisotopic (exact) mass is 372 g/mol. The van der Waals surface area contributed by atoms with Crippen LogP contribution in [0.3, 0.4) is 0 Å². The van der Waals surface area contributed by atoms with Gasteiger partial charge in [-0.05, 0) is 37.5 Å². The van der Waals surface area contributed by atoms with Gasteiger partial charge in [0.05, 0.1) is 36.1 Å². The summed E-state index contributed by atoms with van der Waals surface area (Å²) < 4.78 is 13.7. The minimum Gasteiger partial charge on any atom is -0.391 e. The zero-order valence-corrected chi connectivity index (χ0v) is 14.6. The lowest BCUT2D eigenvalue weighted by Gasteiger charge is -2.33. The Morgan fingerprint density at radius 3 is 2.81 bits per heavy atom. The minimum absolute atomic E-state index is 0.140. The molecule has 1 aliphatic carbocycles. The van der Waals surface area contributed by atoms with Crippen molar-refractivity contribution in [2.75, 3.05) is 0 Å². The largest absolute Gasteiger partial charge is 0.391 e. The Kier molecular flexibility index (Phi) is 6.08. The topological polar surface area (TPSA) is 104 Å². The third-order valence-electron chi connectivity index (χ3n) is 4.69. The second kappa shape index (κ2) is 8.68. The van der Waals surface area contributed by atoms with Crippen molar-refractivity contribution < 1.29 is 19.1 Å². The van der Waals surface area contributed by atoms with Gasteiger partial charge in [0.15, 0.2) is 5.82 Å². The number of aliphatic hydroxyl groups is 1. The lowest BCUT2D eigenvalue weighted by atomic mass is 9.83. The molecular weight excluding hydrogens is 351 g/mol. The van der Waals surface area contributed by atoms with E-state index in [1.165, 1.54) is 12.3 Å². The van der Waals surface area contributed by atoms with Gasteiger partial charge < -0.3 is 15.7 Å². The quantitative estimate of drug-likeness (QED) is 0.731. The van der Waals surface area contributed by atoms with Crippen molar-refractivity contribution >= 4 is 11.8 Å². The highest BCUT2D eigenvalue weighted by atomic mass is 19.1. The molecular formula is C19H21FN4O3. The highest BCUT2D eigenvalue weighted by molar-refractivity contribution is 5.94. The number of aromatic nitrogens is 2. The van der Waals surface area contributed by atoms with Crippen LogP contribution in [0.1, 0.15) is 35.3 Å². The Hall–Kier alpha value is -2.87. The number of pyridine rings is 2. The zero-order chi connectivity index (χ0) is 19.2. The zero-order valence-electron chi connectivity index (χ0n) is 14.6. The fourth-order valence-electron chi connectivity index (χ4n) is 3.18. The molecule has 3 atom stereocenters. The Balaban J connectivity index is 1.58. The van der Waals surface area contributed by atoms with Crippen molar-refractivity contribution in [1.82, 2.24) is 20.6 Å². The van der Waals surface area contributed by atoms with Gasteiger partial charge in [0.2, 0.25) is 5.91 Å². The van der Waals surface area contributed by atoms with Crippen LogP contribution in [-0.2, 0) is 11.3 Å². The molecule has 0 bridgehead atoms. The smallest absolute Gasteiger partial charge is 0.254 e. The fourth-order valence-corrected chi connectivity index (χ4v) is 3.18. The molecule has 142 valence electrons. The van der Waals surface area contributed by atoms with E-state index in [1.807, 2.05) is 12.1 Å². The van der Waals surface area contributed by atoms with Crippen molar-refractivity contribution in [1.29, 1.82) is 0 Å². The Labute approximate surface area is 156 Å². The summed E-state index contributed by atoms with van der Waals surface area (Å²) in [7, 11) is 0. The molecule has 3 rings (SSSR count). The highest BCUT2D eigenvalue weighted by Gasteiger charge is 2.34. The van der Waals surface area contributed by atoms with E-state index in [0.717, 1.165) is 11.9 Å². The number of halogens is 1. The van der Waals surface area contributed by atoms with Gasteiger partial charge in [0, 0.05) is 18.3 Å². The maximum atomic E-state index is 13.7. The molecule has 7 nitrogen and oxygen atoms in total. The third kappa shape index (κ3) is 4.85. The molecule has 0 radical (unpaired) electrons. The van der Waals surface area contributed by atoms with Crippen LogP contribution in [0.25, 0.3) is 0 Å². The van der Waals surface area contributed by atoms with Crippen LogP contribution in [0.4, 0.5) is 4.39 Å². The van der Waals surface area contributed by atoms with E-state index >= 15 is 0 Å². The predicted octanol–water partition coefficient (Wildman–Crippen LogP) is 1.19. The normalized spacial score (nSPS) is 22.1. The molecule has 1 saturated carbocycles. The van der Waals surface area contributed by atoms with Crippen molar-refractivity contribution in [3.8, 4) is 0 Å². The first kappa shape index (κ1) is 18.9. The molecule has 3 N–H and O–H groups in total. The van der Waals surface area contributed by atoms with Gasteiger partial charge in [-0.2, -0.15) is 0 Å². The summed E-state index contributed by atoms with van der Waals surface area (Å²) in [4.78, 5) is 32.5. The van der Waals surface area contributed by atoms with Gasteiger partial charge in [-0.3, -0.25) is 19.6 Å². The van der Waals surface area contributed by atoms with Crippen LogP contribution in [0.15, 0.2) is 42.9 Å². The number of carbonyl (C=O) groups is 2. The summed E-state index contributed by atoms with van der Waals surface area (Å²) >= 11 is 0. The molecule has 0 spiro atoms. The first-order chi connectivity index (χ1) is 13.0. The lowest BCUT2D eigenvalue weighted by Crippen LogP contribution is -2.49. The van der Waals surface area contributed by atoms with Gasteiger partial charge in [0.25, 0.3) is 5.91 Å². The Bertz CT molecular complexity index is 803. The highest BCUT2D eigenvalue weighted by Crippen LogP contribution is 2.25. The molecule has 0 unspecified atom stereocenters. The molecule has 8 heteroatoms. The molecule has 2 amide bonds. The fraction of sp³-hybridized carbons (Fsp3) is 0.368. The first-order valence-corrected chi connectivity index (χ1v) is 8.80. The number of hydrogen-bond acceptors (Lipinski definition) is 5. The van der Waals surface area contributed by atoms with Crippen molar-refractivity contribution in [2.45, 2.75) is 38.0 Å². The molecule has 0 aliphatic heterocycles. The van der Waals surface area contributed by atoms with Crippen LogP contribution >= 0.6 is 0 Å². The second-order valence-electron chi connectivity index (χ2n) is 6.55. The number of nitrogens with one attached hydrogen (secondary N) is 2. The molecule has 1 aliphatic rings. The van der Waals surface area contributed by atoms with E-state index in [4.69, 9.17) is 0 Å².